The molecule has 0 radical (unpaired) electrons. The van der Waals surface area contributed by atoms with E-state index in [0.717, 1.165) is 4.31 Å². The van der Waals surface area contributed by atoms with Gasteiger partial charge >= 0.3 is 0 Å². The van der Waals surface area contributed by atoms with Crippen LogP contribution < -0.4 is 10.6 Å². The second-order valence-corrected chi connectivity index (χ2v) is 8.40. The molecule has 2 N–H and O–H groups in total. The number of rotatable bonds is 6. The first-order valence-electron chi connectivity index (χ1n) is 8.47. The molecule has 0 spiro atoms. The fourth-order valence-corrected chi connectivity index (χ4v) is 3.22. The molecule has 10 heteroatoms. The number of nitrogens with zero attached hydrogens (tertiary/aromatic N) is 1. The van der Waals surface area contributed by atoms with E-state index < -0.39 is 15.9 Å². The quantitative estimate of drug-likeness (QED) is 0.636. The van der Waals surface area contributed by atoms with Crippen molar-refractivity contribution in [1.29, 1.82) is 0 Å². The number of benzene rings is 1. The molecule has 1 aromatic carbocycles. The third kappa shape index (κ3) is 4.39. The van der Waals surface area contributed by atoms with Crippen LogP contribution in [-0.4, -0.2) is 38.6 Å². The zero-order valence-electron chi connectivity index (χ0n) is 15.9. The summed E-state index contributed by atoms with van der Waals surface area (Å²) in [5.74, 6) is -0.946. The van der Waals surface area contributed by atoms with Crippen LogP contribution in [0.2, 0.25) is 0 Å². The Hall–Kier alpha value is -3.37. The van der Waals surface area contributed by atoms with Gasteiger partial charge in [-0.2, -0.15) is 0 Å². The van der Waals surface area contributed by atoms with Gasteiger partial charge in [-0.1, -0.05) is 0 Å². The average molecular weight is 417 g/mol. The summed E-state index contributed by atoms with van der Waals surface area (Å²) in [4.78, 5) is 24.4. The first-order valence-corrected chi connectivity index (χ1v) is 9.91. The number of hydrogen-bond donors (Lipinski definition) is 2. The van der Waals surface area contributed by atoms with Crippen molar-refractivity contribution in [3.8, 4) is 0 Å². The minimum Gasteiger partial charge on any atom is -0.459 e. The zero-order chi connectivity index (χ0) is 21.2. The average Bonchev–Trinajstić information content (AvgIpc) is 3.36. The maximum absolute atomic E-state index is 12.4. The Kier molecular flexibility index (Phi) is 5.57. The second-order valence-electron chi connectivity index (χ2n) is 6.32. The summed E-state index contributed by atoms with van der Waals surface area (Å²) in [6, 6.07) is 10.6. The lowest BCUT2D eigenvalue weighted by molar-refractivity contribution is 0.0986. The number of furan rings is 2. The smallest absolute Gasteiger partial charge is 0.291 e. The molecule has 0 fully saturated rings. The highest BCUT2D eigenvalue weighted by Crippen LogP contribution is 2.22. The molecule has 29 heavy (non-hydrogen) atoms. The molecule has 0 saturated carbocycles. The van der Waals surface area contributed by atoms with Gasteiger partial charge in [-0.05, 0) is 55.0 Å². The van der Waals surface area contributed by atoms with Crippen LogP contribution >= 0.6 is 0 Å². The van der Waals surface area contributed by atoms with Gasteiger partial charge in [-0.3, -0.25) is 9.59 Å². The number of carbonyl (C=O) groups excluding carboxylic acids is 2. The van der Waals surface area contributed by atoms with Gasteiger partial charge in [0.05, 0.1) is 6.26 Å². The normalized spacial score (nSPS) is 11.4. The van der Waals surface area contributed by atoms with Gasteiger partial charge in [-0.25, -0.2) is 12.7 Å². The molecule has 3 rings (SSSR count). The second kappa shape index (κ2) is 7.94. The number of sulfonamides is 1. The van der Waals surface area contributed by atoms with Gasteiger partial charge in [-0.15, -0.1) is 0 Å². The van der Waals surface area contributed by atoms with Crippen LogP contribution in [-0.2, 0) is 10.0 Å². The summed E-state index contributed by atoms with van der Waals surface area (Å²) in [7, 11) is -1.03. The first kappa shape index (κ1) is 20.4. The van der Waals surface area contributed by atoms with Crippen molar-refractivity contribution >= 4 is 33.2 Å². The third-order valence-corrected chi connectivity index (χ3v) is 5.71. The van der Waals surface area contributed by atoms with Gasteiger partial charge in [0.25, 0.3) is 21.8 Å². The summed E-state index contributed by atoms with van der Waals surface area (Å²) in [6.45, 7) is 1.77. The topological polar surface area (TPSA) is 122 Å². The van der Waals surface area contributed by atoms with E-state index in [4.69, 9.17) is 8.83 Å². The molecule has 2 aromatic heterocycles. The summed E-state index contributed by atoms with van der Waals surface area (Å²) in [6.07, 6.45) is 1.41. The van der Waals surface area contributed by atoms with E-state index in [9.17, 15) is 18.0 Å². The summed E-state index contributed by atoms with van der Waals surface area (Å²) in [5, 5.41) is 5.03. The Morgan fingerprint density at radius 3 is 2.31 bits per heavy atom. The van der Waals surface area contributed by atoms with E-state index in [2.05, 4.69) is 10.6 Å². The highest BCUT2D eigenvalue weighted by Gasteiger charge is 2.23. The van der Waals surface area contributed by atoms with Crippen LogP contribution in [0.15, 0.2) is 62.7 Å². The largest absolute Gasteiger partial charge is 0.459 e. The van der Waals surface area contributed by atoms with Crippen LogP contribution in [0.1, 0.15) is 26.7 Å². The number of aryl methyl sites for hydroxylation is 1. The van der Waals surface area contributed by atoms with E-state index in [1.54, 1.807) is 37.3 Å². The van der Waals surface area contributed by atoms with E-state index in [-0.39, 0.29) is 22.5 Å². The zero-order valence-corrected chi connectivity index (χ0v) is 16.7. The summed E-state index contributed by atoms with van der Waals surface area (Å²) < 4.78 is 35.3. The van der Waals surface area contributed by atoms with Crippen LogP contribution in [0.5, 0.6) is 0 Å². The lowest BCUT2D eigenvalue weighted by Crippen LogP contribution is -2.21. The molecule has 2 amide bonds. The van der Waals surface area contributed by atoms with Gasteiger partial charge in [0.15, 0.2) is 11.5 Å². The molecule has 3 aromatic rings. The van der Waals surface area contributed by atoms with Crippen LogP contribution in [0.4, 0.5) is 11.4 Å². The third-order valence-electron chi connectivity index (χ3n) is 4.02. The lowest BCUT2D eigenvalue weighted by atomic mass is 10.1. The van der Waals surface area contributed by atoms with Crippen molar-refractivity contribution in [3.05, 3.63) is 65.8 Å². The minimum absolute atomic E-state index is 0.140. The maximum Gasteiger partial charge on any atom is 0.291 e. The number of carbonyl (C=O) groups is 2. The lowest BCUT2D eigenvalue weighted by Gasteiger charge is -2.10. The summed E-state index contributed by atoms with van der Waals surface area (Å²) >= 11 is 0. The fraction of sp³-hybridized carbons (Fsp3) is 0.158. The monoisotopic (exact) mass is 417 g/mol. The van der Waals surface area contributed by atoms with Crippen molar-refractivity contribution < 1.29 is 26.8 Å². The molecule has 152 valence electrons. The van der Waals surface area contributed by atoms with E-state index >= 15 is 0 Å². The van der Waals surface area contributed by atoms with Crippen molar-refractivity contribution in [2.24, 2.45) is 0 Å². The Balaban J connectivity index is 1.71. The molecular weight excluding hydrogens is 398 g/mol. The summed E-state index contributed by atoms with van der Waals surface area (Å²) in [5.41, 5.74) is 1.72. The molecule has 0 atom stereocenters. The van der Waals surface area contributed by atoms with Gasteiger partial charge in [0.2, 0.25) is 5.09 Å². The predicted octanol–water partition coefficient (Wildman–Crippen LogP) is 2.94. The fourth-order valence-electron chi connectivity index (χ4n) is 2.43. The standard InChI is InChI=1S/C19H19N3O6S/c1-12-11-13(6-7-14(12)21-18(23)15-5-4-10-27-15)20-19(24)16-8-9-17(28-16)29(25,26)22(2)3/h4-11H,1-3H3,(H,20,24)(H,21,23). The van der Waals surface area contributed by atoms with Crippen molar-refractivity contribution in [2.45, 2.75) is 12.0 Å². The van der Waals surface area contributed by atoms with Crippen LogP contribution in [0.25, 0.3) is 0 Å². The minimum atomic E-state index is -3.77. The number of amides is 2. The molecule has 0 saturated heterocycles. The Bertz CT molecular complexity index is 1150. The molecule has 0 bridgehead atoms. The number of nitrogens with one attached hydrogen (secondary N) is 2. The highest BCUT2D eigenvalue weighted by atomic mass is 32.2. The van der Waals surface area contributed by atoms with Crippen molar-refractivity contribution in [3.63, 3.8) is 0 Å². The predicted molar refractivity (Wildman–Crippen MR) is 105 cm³/mol. The molecular formula is C19H19N3O6S. The molecule has 0 aliphatic rings. The first-order chi connectivity index (χ1) is 13.7. The van der Waals surface area contributed by atoms with Crippen LogP contribution in [0, 0.1) is 6.92 Å². The van der Waals surface area contributed by atoms with E-state index in [1.807, 2.05) is 0 Å². The van der Waals surface area contributed by atoms with E-state index in [1.165, 1.54) is 32.5 Å². The Morgan fingerprint density at radius 2 is 1.69 bits per heavy atom. The highest BCUT2D eigenvalue weighted by molar-refractivity contribution is 7.88. The van der Waals surface area contributed by atoms with Crippen molar-refractivity contribution in [2.75, 3.05) is 24.7 Å². The number of anilines is 2. The Labute approximate surface area is 167 Å². The van der Waals surface area contributed by atoms with Crippen molar-refractivity contribution in [1.82, 2.24) is 4.31 Å². The van der Waals surface area contributed by atoms with Gasteiger partial charge in [0, 0.05) is 25.5 Å². The Morgan fingerprint density at radius 1 is 0.966 bits per heavy atom. The van der Waals surface area contributed by atoms with Crippen LogP contribution in [0.3, 0.4) is 0 Å². The molecule has 9 nitrogen and oxygen atoms in total. The number of hydrogen-bond acceptors (Lipinski definition) is 6. The van der Waals surface area contributed by atoms with E-state index in [0.29, 0.717) is 16.9 Å². The molecule has 2 heterocycles. The maximum atomic E-state index is 12.4. The molecule has 0 aliphatic carbocycles. The molecule has 0 aliphatic heterocycles. The van der Waals surface area contributed by atoms with Gasteiger partial charge < -0.3 is 19.5 Å². The molecule has 0 unspecified atom stereocenters. The SMILES string of the molecule is Cc1cc(NC(=O)c2ccc(S(=O)(=O)N(C)C)o2)ccc1NC(=O)c1ccco1. The van der Waals surface area contributed by atoms with Gasteiger partial charge in [0.1, 0.15) is 0 Å².